The number of hydrogen-bond donors (Lipinski definition) is 1. The lowest BCUT2D eigenvalue weighted by Gasteiger charge is -2.35. The molecule has 2 fully saturated rings. The SMILES string of the molecule is Cn1cc(N2CCN(c3cc4c(=O)n([C@H]5CCCC[C@@H]5O)cnc4c4ccccc34)CC2=O)cn1. The summed E-state index contributed by atoms with van der Waals surface area (Å²) in [4.78, 5) is 35.2. The molecule has 0 radical (unpaired) electrons. The van der Waals surface area contributed by atoms with Crippen LogP contribution in [0.5, 0.6) is 0 Å². The average molecular weight is 473 g/mol. The fourth-order valence-electron chi connectivity index (χ4n) is 5.57. The molecule has 0 bridgehead atoms. The van der Waals surface area contributed by atoms with Crippen LogP contribution < -0.4 is 15.4 Å². The number of piperazine rings is 1. The van der Waals surface area contributed by atoms with Crippen LogP contribution in [0, 0.1) is 0 Å². The van der Waals surface area contributed by atoms with Crippen molar-refractivity contribution in [2.45, 2.75) is 37.8 Å². The van der Waals surface area contributed by atoms with Gasteiger partial charge < -0.3 is 14.9 Å². The number of fused-ring (bicyclic) bond motifs is 3. The smallest absolute Gasteiger partial charge is 0.261 e. The Hall–Kier alpha value is -3.72. The Kier molecular flexibility index (Phi) is 5.29. The Morgan fingerprint density at radius 3 is 2.57 bits per heavy atom. The molecule has 1 saturated carbocycles. The summed E-state index contributed by atoms with van der Waals surface area (Å²) in [5.41, 5.74) is 2.15. The van der Waals surface area contributed by atoms with E-state index in [0.29, 0.717) is 30.4 Å². The van der Waals surface area contributed by atoms with Gasteiger partial charge in [0.1, 0.15) is 0 Å². The van der Waals surface area contributed by atoms with Crippen molar-refractivity contribution in [3.8, 4) is 0 Å². The molecule has 1 N–H and O–H groups in total. The molecule has 9 nitrogen and oxygen atoms in total. The Balaban J connectivity index is 1.43. The number of carbonyl (C=O) groups excluding carboxylic acids is 1. The highest BCUT2D eigenvalue weighted by molar-refractivity contribution is 6.12. The van der Waals surface area contributed by atoms with Gasteiger partial charge in [-0.15, -0.1) is 0 Å². The number of aryl methyl sites for hydroxylation is 1. The van der Waals surface area contributed by atoms with Crippen LogP contribution in [0.25, 0.3) is 21.7 Å². The van der Waals surface area contributed by atoms with E-state index < -0.39 is 6.10 Å². The van der Waals surface area contributed by atoms with E-state index in [1.54, 1.807) is 26.7 Å². The summed E-state index contributed by atoms with van der Waals surface area (Å²) in [5.74, 6) is -0.0117. The van der Waals surface area contributed by atoms with Gasteiger partial charge >= 0.3 is 0 Å². The predicted molar refractivity (Wildman–Crippen MR) is 135 cm³/mol. The quantitative estimate of drug-likeness (QED) is 0.461. The van der Waals surface area contributed by atoms with Crippen LogP contribution in [0.2, 0.25) is 0 Å². The minimum atomic E-state index is -0.543. The van der Waals surface area contributed by atoms with Crippen molar-refractivity contribution < 1.29 is 9.90 Å². The summed E-state index contributed by atoms with van der Waals surface area (Å²) in [6.07, 6.45) is 8.01. The first-order chi connectivity index (χ1) is 17.0. The lowest BCUT2D eigenvalue weighted by Crippen LogP contribution is -2.50. The zero-order chi connectivity index (χ0) is 24.1. The molecule has 4 aromatic rings. The molecule has 2 aromatic carbocycles. The zero-order valence-electron chi connectivity index (χ0n) is 19.7. The van der Waals surface area contributed by atoms with Gasteiger partial charge in [0.05, 0.1) is 47.8 Å². The van der Waals surface area contributed by atoms with Gasteiger partial charge in [-0.1, -0.05) is 37.1 Å². The van der Waals surface area contributed by atoms with Crippen molar-refractivity contribution in [3.05, 3.63) is 59.4 Å². The number of benzene rings is 2. The normalized spacial score (nSPS) is 21.3. The minimum Gasteiger partial charge on any atom is -0.391 e. The molecule has 9 heteroatoms. The van der Waals surface area contributed by atoms with Crippen LogP contribution in [-0.4, -0.2) is 56.1 Å². The highest BCUT2D eigenvalue weighted by Crippen LogP contribution is 2.34. The Morgan fingerprint density at radius 2 is 1.83 bits per heavy atom. The van der Waals surface area contributed by atoms with Crippen molar-refractivity contribution in [3.63, 3.8) is 0 Å². The van der Waals surface area contributed by atoms with E-state index in [9.17, 15) is 14.7 Å². The maximum Gasteiger partial charge on any atom is 0.261 e. The Labute approximate surface area is 202 Å². The van der Waals surface area contributed by atoms with E-state index in [1.165, 1.54) is 0 Å². The second-order valence-corrected chi connectivity index (χ2v) is 9.55. The van der Waals surface area contributed by atoms with Gasteiger partial charge in [-0.2, -0.15) is 5.10 Å². The number of hydrogen-bond acceptors (Lipinski definition) is 6. The zero-order valence-corrected chi connectivity index (χ0v) is 19.7. The largest absolute Gasteiger partial charge is 0.391 e. The van der Waals surface area contributed by atoms with Crippen LogP contribution in [0.1, 0.15) is 31.7 Å². The summed E-state index contributed by atoms with van der Waals surface area (Å²) >= 11 is 0. The number of aliphatic hydroxyl groups excluding tert-OH is 1. The summed E-state index contributed by atoms with van der Waals surface area (Å²) in [5, 5.41) is 17.1. The fraction of sp³-hybridized carbons (Fsp3) is 0.385. The van der Waals surface area contributed by atoms with Gasteiger partial charge in [-0.3, -0.25) is 18.8 Å². The third-order valence-electron chi connectivity index (χ3n) is 7.39. The molecule has 180 valence electrons. The van der Waals surface area contributed by atoms with Gasteiger partial charge in [-0.25, -0.2) is 4.98 Å². The van der Waals surface area contributed by atoms with Crippen LogP contribution in [0.15, 0.2) is 53.8 Å². The van der Waals surface area contributed by atoms with Crippen LogP contribution in [0.4, 0.5) is 11.4 Å². The molecule has 1 aliphatic heterocycles. The second-order valence-electron chi connectivity index (χ2n) is 9.55. The van der Waals surface area contributed by atoms with Crippen molar-refractivity contribution in [2.24, 2.45) is 7.05 Å². The molecule has 1 saturated heterocycles. The number of carbonyl (C=O) groups is 1. The van der Waals surface area contributed by atoms with Crippen molar-refractivity contribution in [1.82, 2.24) is 19.3 Å². The van der Waals surface area contributed by atoms with Gasteiger partial charge in [-0.05, 0) is 18.9 Å². The number of nitrogens with zero attached hydrogens (tertiary/aromatic N) is 6. The van der Waals surface area contributed by atoms with E-state index in [2.05, 4.69) is 10.1 Å². The standard InChI is InChI=1S/C26H28N6O3/c1-29-14-17(13-28-29)31-11-10-30(15-24(31)34)22-12-20-25(19-7-3-2-6-18(19)22)27-16-32(26(20)35)21-8-4-5-9-23(21)33/h2-3,6-7,12-14,16,21,23,33H,4-5,8-11,15H2,1H3/t21-,23-/m0/s1. The van der Waals surface area contributed by atoms with Crippen LogP contribution >= 0.6 is 0 Å². The molecule has 2 aliphatic rings. The molecular formula is C26H28N6O3. The topological polar surface area (TPSA) is 96.5 Å². The van der Waals surface area contributed by atoms with Crippen LogP contribution in [-0.2, 0) is 11.8 Å². The lowest BCUT2D eigenvalue weighted by atomic mass is 9.92. The highest BCUT2D eigenvalue weighted by Gasteiger charge is 2.29. The summed E-state index contributed by atoms with van der Waals surface area (Å²) in [7, 11) is 1.83. The first-order valence-electron chi connectivity index (χ1n) is 12.2. The molecular weight excluding hydrogens is 444 g/mol. The lowest BCUT2D eigenvalue weighted by molar-refractivity contribution is -0.117. The van der Waals surface area contributed by atoms with Gasteiger partial charge in [0.2, 0.25) is 5.91 Å². The number of aromatic nitrogens is 4. The molecule has 35 heavy (non-hydrogen) atoms. The van der Waals surface area contributed by atoms with E-state index in [1.807, 2.05) is 48.5 Å². The first-order valence-corrected chi connectivity index (χ1v) is 12.2. The van der Waals surface area contributed by atoms with E-state index in [4.69, 9.17) is 0 Å². The molecule has 3 heterocycles. The van der Waals surface area contributed by atoms with Gasteiger partial charge in [0, 0.05) is 42.8 Å². The molecule has 2 atom stereocenters. The minimum absolute atomic E-state index is 0.0117. The van der Waals surface area contributed by atoms with Crippen molar-refractivity contribution in [2.75, 3.05) is 29.4 Å². The van der Waals surface area contributed by atoms with E-state index >= 15 is 0 Å². The highest BCUT2D eigenvalue weighted by atomic mass is 16.3. The Bertz CT molecular complexity index is 1490. The molecule has 1 amide bonds. The summed E-state index contributed by atoms with van der Waals surface area (Å²) in [6.45, 7) is 1.37. The number of aliphatic hydroxyl groups is 1. The second kappa shape index (κ2) is 8.49. The van der Waals surface area contributed by atoms with E-state index in [0.717, 1.165) is 41.4 Å². The number of rotatable bonds is 3. The van der Waals surface area contributed by atoms with Crippen molar-refractivity contribution >= 4 is 39.0 Å². The average Bonchev–Trinajstić information content (AvgIpc) is 3.30. The van der Waals surface area contributed by atoms with Crippen LogP contribution in [0.3, 0.4) is 0 Å². The monoisotopic (exact) mass is 472 g/mol. The predicted octanol–water partition coefficient (Wildman–Crippen LogP) is 2.61. The fourth-order valence-corrected chi connectivity index (χ4v) is 5.57. The molecule has 2 aromatic heterocycles. The maximum atomic E-state index is 13.7. The summed E-state index contributed by atoms with van der Waals surface area (Å²) in [6, 6.07) is 9.51. The summed E-state index contributed by atoms with van der Waals surface area (Å²) < 4.78 is 3.29. The van der Waals surface area contributed by atoms with Gasteiger partial charge in [0.15, 0.2) is 0 Å². The van der Waals surface area contributed by atoms with Gasteiger partial charge in [0.25, 0.3) is 5.56 Å². The maximum absolute atomic E-state index is 13.7. The molecule has 0 spiro atoms. The molecule has 6 rings (SSSR count). The Morgan fingerprint density at radius 1 is 1.03 bits per heavy atom. The van der Waals surface area contributed by atoms with E-state index in [-0.39, 0.29) is 24.1 Å². The molecule has 0 unspecified atom stereocenters. The third-order valence-corrected chi connectivity index (χ3v) is 7.39. The third kappa shape index (κ3) is 3.67. The molecule has 1 aliphatic carbocycles. The number of amides is 1. The number of anilines is 2. The first kappa shape index (κ1) is 21.8. The van der Waals surface area contributed by atoms with Crippen molar-refractivity contribution in [1.29, 1.82) is 0 Å².